The van der Waals surface area contributed by atoms with E-state index in [2.05, 4.69) is 20.9 Å². The molecule has 0 aliphatic carbocycles. The van der Waals surface area contributed by atoms with Crippen molar-refractivity contribution in [2.75, 3.05) is 17.2 Å². The first-order chi connectivity index (χ1) is 10.1. The predicted octanol–water partition coefficient (Wildman–Crippen LogP) is 2.06. The predicted molar refractivity (Wildman–Crippen MR) is 79.0 cm³/mol. The second-order valence-corrected chi connectivity index (χ2v) is 7.26. The van der Waals surface area contributed by atoms with Crippen LogP contribution in [0.1, 0.15) is 6.42 Å². The van der Waals surface area contributed by atoms with E-state index in [1.165, 1.54) is 0 Å². The zero-order valence-electron chi connectivity index (χ0n) is 10.7. The van der Waals surface area contributed by atoms with Crippen molar-refractivity contribution in [2.24, 2.45) is 5.92 Å². The van der Waals surface area contributed by atoms with Gasteiger partial charge in [0.25, 0.3) is 0 Å². The van der Waals surface area contributed by atoms with Crippen LogP contribution in [-0.2, 0) is 15.0 Å². The molecular formula is C10H8BrClFN3O5S. The molecule has 1 aromatic heterocycles. The normalized spacial score (nSPS) is 18.8. The van der Waals surface area contributed by atoms with E-state index in [1.54, 1.807) is 0 Å². The van der Waals surface area contributed by atoms with Gasteiger partial charge in [-0.3, -0.25) is 19.8 Å². The van der Waals surface area contributed by atoms with Crippen LogP contribution in [0.15, 0.2) is 10.5 Å². The van der Waals surface area contributed by atoms with Gasteiger partial charge in [-0.25, -0.2) is 4.98 Å². The maximum atomic E-state index is 12.7. The van der Waals surface area contributed by atoms with E-state index in [9.17, 15) is 27.2 Å². The molecule has 0 saturated carbocycles. The van der Waals surface area contributed by atoms with Gasteiger partial charge in [-0.2, -0.15) is 8.42 Å². The van der Waals surface area contributed by atoms with Crippen LogP contribution in [0.5, 0.6) is 0 Å². The fourth-order valence-electron chi connectivity index (χ4n) is 2.16. The molecule has 1 aliphatic heterocycles. The molecule has 1 aromatic rings. The highest BCUT2D eigenvalue weighted by atomic mass is 79.9. The number of aromatic nitrogens is 1. The molecule has 1 saturated heterocycles. The fraction of sp³-hybridized carbons (Fsp3) is 0.400. The van der Waals surface area contributed by atoms with Crippen LogP contribution in [0.2, 0.25) is 5.15 Å². The summed E-state index contributed by atoms with van der Waals surface area (Å²) in [6.45, 7) is -0.187. The third kappa shape index (κ3) is 3.70. The Morgan fingerprint density at radius 1 is 1.59 bits per heavy atom. The van der Waals surface area contributed by atoms with E-state index in [0.29, 0.717) is 0 Å². The number of carbonyl (C=O) groups excluding carboxylic acids is 1. The largest absolute Gasteiger partial charge is 0.313 e. The standard InChI is InChI=1S/C10H8BrClFN3O5S/c11-6-2-7(16(18)19)10(14-9(6)12)15-3-5(1-8(15)17)4-22(13,20)21/h2,5H,1,3-4H2. The molecule has 12 heteroatoms. The molecule has 0 aromatic carbocycles. The molecule has 22 heavy (non-hydrogen) atoms. The number of carbonyl (C=O) groups is 1. The molecular weight excluding hydrogens is 409 g/mol. The lowest BCUT2D eigenvalue weighted by atomic mass is 10.1. The first kappa shape index (κ1) is 17.0. The summed E-state index contributed by atoms with van der Waals surface area (Å²) >= 11 is 8.78. The Balaban J connectivity index is 2.38. The minimum atomic E-state index is -4.74. The van der Waals surface area contributed by atoms with Gasteiger partial charge in [-0.05, 0) is 15.9 Å². The van der Waals surface area contributed by atoms with E-state index in [0.717, 1.165) is 11.0 Å². The SMILES string of the molecule is O=C1CC(CS(=O)(=O)F)CN1c1nc(Cl)c(Br)cc1[N+](=O)[O-]. The maximum Gasteiger partial charge on any atom is 0.313 e. The smallest absolute Gasteiger partial charge is 0.291 e. The molecule has 0 radical (unpaired) electrons. The summed E-state index contributed by atoms with van der Waals surface area (Å²) < 4.78 is 34.2. The molecule has 1 aliphatic rings. The van der Waals surface area contributed by atoms with Crippen molar-refractivity contribution in [1.82, 2.24) is 4.98 Å². The first-order valence-corrected chi connectivity index (χ1v) is 8.54. The van der Waals surface area contributed by atoms with Crippen LogP contribution < -0.4 is 4.90 Å². The lowest BCUT2D eigenvalue weighted by molar-refractivity contribution is -0.384. The lowest BCUT2D eigenvalue weighted by Gasteiger charge is -2.15. The molecule has 0 spiro atoms. The Kier molecular flexibility index (Phi) is 4.68. The number of nitro groups is 1. The third-order valence-electron chi connectivity index (χ3n) is 2.99. The Morgan fingerprint density at radius 2 is 2.23 bits per heavy atom. The number of nitrogens with zero attached hydrogens (tertiary/aromatic N) is 3. The summed E-state index contributed by atoms with van der Waals surface area (Å²) in [5.41, 5.74) is -0.464. The molecule has 1 fully saturated rings. The van der Waals surface area contributed by atoms with Crippen molar-refractivity contribution in [2.45, 2.75) is 6.42 Å². The fourth-order valence-corrected chi connectivity index (χ4v) is 3.39. The molecule has 1 amide bonds. The van der Waals surface area contributed by atoms with Crippen molar-refractivity contribution >= 4 is 55.2 Å². The van der Waals surface area contributed by atoms with Gasteiger partial charge in [-0.1, -0.05) is 11.6 Å². The summed E-state index contributed by atoms with van der Waals surface area (Å²) in [5.74, 6) is -2.50. The highest BCUT2D eigenvalue weighted by molar-refractivity contribution is 9.10. The van der Waals surface area contributed by atoms with Crippen molar-refractivity contribution < 1.29 is 22.0 Å². The zero-order valence-corrected chi connectivity index (χ0v) is 13.9. The number of pyridine rings is 1. The van der Waals surface area contributed by atoms with Crippen molar-refractivity contribution in [3.63, 3.8) is 0 Å². The summed E-state index contributed by atoms with van der Waals surface area (Å²) in [7, 11) is -4.74. The van der Waals surface area contributed by atoms with Gasteiger partial charge in [0.1, 0.15) is 5.15 Å². The second kappa shape index (κ2) is 6.05. The molecule has 0 N–H and O–H groups in total. The van der Waals surface area contributed by atoms with Gasteiger partial charge in [0.2, 0.25) is 11.7 Å². The molecule has 1 unspecified atom stereocenters. The summed E-state index contributed by atoms with van der Waals surface area (Å²) in [6.07, 6.45) is -0.240. The van der Waals surface area contributed by atoms with Gasteiger partial charge in [-0.15, -0.1) is 3.89 Å². The maximum absolute atomic E-state index is 12.7. The minimum Gasteiger partial charge on any atom is -0.291 e. The van der Waals surface area contributed by atoms with E-state index >= 15 is 0 Å². The van der Waals surface area contributed by atoms with Crippen molar-refractivity contribution in [3.8, 4) is 0 Å². The minimum absolute atomic E-state index is 0.0880. The Labute approximate surface area is 137 Å². The Morgan fingerprint density at radius 3 is 2.77 bits per heavy atom. The third-order valence-corrected chi connectivity index (χ3v) is 4.98. The average molecular weight is 417 g/mol. The summed E-state index contributed by atoms with van der Waals surface area (Å²) in [6, 6.07) is 1.09. The highest BCUT2D eigenvalue weighted by Gasteiger charge is 2.37. The molecule has 2 heterocycles. The summed E-state index contributed by atoms with van der Waals surface area (Å²) in [5, 5.41) is 11.0. The van der Waals surface area contributed by atoms with E-state index in [-0.39, 0.29) is 28.4 Å². The molecule has 8 nitrogen and oxygen atoms in total. The van der Waals surface area contributed by atoms with Gasteiger partial charge in [0.15, 0.2) is 0 Å². The van der Waals surface area contributed by atoms with E-state index in [4.69, 9.17) is 11.6 Å². The van der Waals surface area contributed by atoms with Crippen LogP contribution in [-0.4, -0.2) is 36.5 Å². The van der Waals surface area contributed by atoms with Gasteiger partial charge in [0, 0.05) is 24.9 Å². The van der Waals surface area contributed by atoms with Crippen LogP contribution in [0.4, 0.5) is 15.4 Å². The number of rotatable bonds is 4. The number of amides is 1. The first-order valence-electron chi connectivity index (χ1n) is 5.81. The number of hydrogen-bond donors (Lipinski definition) is 0. The monoisotopic (exact) mass is 415 g/mol. The van der Waals surface area contributed by atoms with E-state index in [1.807, 2.05) is 0 Å². The number of anilines is 1. The zero-order chi connectivity index (χ0) is 16.7. The lowest BCUT2D eigenvalue weighted by Crippen LogP contribution is -2.27. The van der Waals surface area contributed by atoms with Crippen molar-refractivity contribution in [1.29, 1.82) is 0 Å². The average Bonchev–Trinajstić information content (AvgIpc) is 2.70. The molecule has 1 atom stereocenters. The molecule has 0 bridgehead atoms. The van der Waals surface area contributed by atoms with Gasteiger partial charge >= 0.3 is 15.9 Å². The Hall–Kier alpha value is -1.33. The van der Waals surface area contributed by atoms with Crippen molar-refractivity contribution in [3.05, 3.63) is 25.8 Å². The van der Waals surface area contributed by atoms with Crippen LogP contribution in [0.25, 0.3) is 0 Å². The van der Waals surface area contributed by atoms with Crippen LogP contribution in [0, 0.1) is 16.0 Å². The number of halogens is 3. The van der Waals surface area contributed by atoms with Gasteiger partial charge < -0.3 is 0 Å². The van der Waals surface area contributed by atoms with E-state index < -0.39 is 38.4 Å². The van der Waals surface area contributed by atoms with Crippen LogP contribution in [0.3, 0.4) is 0 Å². The van der Waals surface area contributed by atoms with Crippen LogP contribution >= 0.6 is 27.5 Å². The Bertz CT molecular complexity index is 759. The number of hydrogen-bond acceptors (Lipinski definition) is 6. The molecule has 120 valence electrons. The van der Waals surface area contributed by atoms with Gasteiger partial charge in [0.05, 0.1) is 15.1 Å². The summed E-state index contributed by atoms with van der Waals surface area (Å²) in [4.78, 5) is 27.0. The quantitative estimate of drug-likeness (QED) is 0.321. The second-order valence-electron chi connectivity index (χ2n) is 4.64. The molecule has 2 rings (SSSR count). The highest BCUT2D eigenvalue weighted by Crippen LogP contribution is 2.36. The topological polar surface area (TPSA) is 110 Å².